The molecule has 0 radical (unpaired) electrons. The molecular weight excluding hydrogens is 282 g/mol. The average molecular weight is 299 g/mol. The number of anilines is 1. The Balaban J connectivity index is 2.06. The molecule has 0 fully saturated rings. The number of aliphatic hydroxyl groups excluding tert-OH is 1. The predicted octanol–water partition coefficient (Wildman–Crippen LogP) is 3.54. The third-order valence-electron chi connectivity index (χ3n) is 3.24. The summed E-state index contributed by atoms with van der Waals surface area (Å²) in [5.41, 5.74) is 0.753. The van der Waals surface area contributed by atoms with Crippen molar-refractivity contribution in [1.82, 2.24) is 9.97 Å². The number of rotatable bonds is 4. The van der Waals surface area contributed by atoms with Gasteiger partial charge in [0, 0.05) is 4.88 Å². The maximum atomic E-state index is 9.41. The first-order valence-electron chi connectivity index (χ1n) is 6.78. The molecule has 3 aromatic rings. The van der Waals surface area contributed by atoms with Crippen LogP contribution in [0.1, 0.15) is 13.8 Å². The van der Waals surface area contributed by atoms with Gasteiger partial charge in [-0.2, -0.15) is 0 Å². The van der Waals surface area contributed by atoms with Crippen LogP contribution in [0, 0.1) is 0 Å². The fourth-order valence-corrected chi connectivity index (χ4v) is 3.06. The highest BCUT2D eigenvalue weighted by Gasteiger charge is 2.19. The second kappa shape index (κ2) is 5.42. The predicted molar refractivity (Wildman–Crippen MR) is 87.6 cm³/mol. The van der Waals surface area contributed by atoms with Gasteiger partial charge in [0.2, 0.25) is 0 Å². The van der Waals surface area contributed by atoms with Gasteiger partial charge in [-0.25, -0.2) is 9.97 Å². The molecule has 2 heterocycles. The summed E-state index contributed by atoms with van der Waals surface area (Å²) in [6.07, 6.45) is 1.56. The van der Waals surface area contributed by atoms with E-state index in [0.717, 1.165) is 20.9 Å². The average Bonchev–Trinajstić information content (AvgIpc) is 2.93. The van der Waals surface area contributed by atoms with Crippen LogP contribution >= 0.6 is 11.3 Å². The summed E-state index contributed by atoms with van der Waals surface area (Å²) in [5, 5.41) is 13.7. The number of benzene rings is 1. The van der Waals surface area contributed by atoms with E-state index < -0.39 is 5.54 Å². The van der Waals surface area contributed by atoms with Crippen LogP contribution in [-0.2, 0) is 0 Å². The molecule has 0 saturated carbocycles. The number of aromatic nitrogens is 2. The van der Waals surface area contributed by atoms with Crippen molar-refractivity contribution in [2.75, 3.05) is 11.9 Å². The SMILES string of the molecule is CC(C)(CO)Nc1ncnc2sc(-c3ccccc3)cc12. The van der Waals surface area contributed by atoms with E-state index in [2.05, 4.69) is 33.5 Å². The van der Waals surface area contributed by atoms with Gasteiger partial charge in [-0.3, -0.25) is 0 Å². The Morgan fingerprint density at radius 1 is 1.19 bits per heavy atom. The normalized spacial score (nSPS) is 11.8. The van der Waals surface area contributed by atoms with Crippen LogP contribution in [0.4, 0.5) is 5.82 Å². The van der Waals surface area contributed by atoms with E-state index >= 15 is 0 Å². The van der Waals surface area contributed by atoms with Gasteiger partial charge < -0.3 is 10.4 Å². The molecule has 3 rings (SSSR count). The van der Waals surface area contributed by atoms with Crippen molar-refractivity contribution in [2.45, 2.75) is 19.4 Å². The van der Waals surface area contributed by atoms with Crippen LogP contribution in [0.5, 0.6) is 0 Å². The standard InChI is InChI=1S/C16H17N3OS/c1-16(2,9-20)19-14-12-8-13(11-6-4-3-5-7-11)21-15(12)18-10-17-14/h3-8,10,20H,9H2,1-2H3,(H,17,18,19). The maximum Gasteiger partial charge on any atom is 0.138 e. The van der Waals surface area contributed by atoms with E-state index in [1.54, 1.807) is 17.7 Å². The summed E-state index contributed by atoms with van der Waals surface area (Å²) in [5.74, 6) is 0.762. The van der Waals surface area contributed by atoms with Gasteiger partial charge in [0.1, 0.15) is 17.0 Å². The van der Waals surface area contributed by atoms with Gasteiger partial charge in [0.15, 0.2) is 0 Å². The number of nitrogens with zero attached hydrogens (tertiary/aromatic N) is 2. The Labute approximate surface area is 127 Å². The van der Waals surface area contributed by atoms with Crippen LogP contribution in [-0.4, -0.2) is 27.2 Å². The number of hydrogen-bond acceptors (Lipinski definition) is 5. The van der Waals surface area contributed by atoms with Gasteiger partial charge in [0.05, 0.1) is 17.5 Å². The molecule has 0 aliphatic heterocycles. The number of fused-ring (bicyclic) bond motifs is 1. The van der Waals surface area contributed by atoms with E-state index in [0.29, 0.717) is 0 Å². The molecule has 0 bridgehead atoms. The Kier molecular flexibility index (Phi) is 3.61. The first-order chi connectivity index (χ1) is 10.1. The minimum absolute atomic E-state index is 0.0359. The third kappa shape index (κ3) is 2.89. The Morgan fingerprint density at radius 2 is 1.95 bits per heavy atom. The highest BCUT2D eigenvalue weighted by Crippen LogP contribution is 2.35. The molecule has 21 heavy (non-hydrogen) atoms. The van der Waals surface area contributed by atoms with Crippen molar-refractivity contribution in [3.63, 3.8) is 0 Å². The summed E-state index contributed by atoms with van der Waals surface area (Å²) in [7, 11) is 0. The molecule has 0 saturated heterocycles. The van der Waals surface area contributed by atoms with Crippen molar-refractivity contribution >= 4 is 27.4 Å². The summed E-state index contributed by atoms with van der Waals surface area (Å²) >= 11 is 1.64. The minimum atomic E-state index is -0.421. The third-order valence-corrected chi connectivity index (χ3v) is 4.33. The van der Waals surface area contributed by atoms with E-state index in [-0.39, 0.29) is 6.61 Å². The van der Waals surface area contributed by atoms with Crippen LogP contribution in [0.2, 0.25) is 0 Å². The zero-order valence-corrected chi connectivity index (χ0v) is 12.8. The minimum Gasteiger partial charge on any atom is -0.394 e. The van der Waals surface area contributed by atoms with Crippen LogP contribution < -0.4 is 5.32 Å². The monoisotopic (exact) mass is 299 g/mol. The molecular formula is C16H17N3OS. The zero-order valence-electron chi connectivity index (χ0n) is 12.0. The number of hydrogen-bond donors (Lipinski definition) is 2. The van der Waals surface area contributed by atoms with Crippen molar-refractivity contribution in [3.05, 3.63) is 42.7 Å². The summed E-state index contributed by atoms with van der Waals surface area (Å²) in [6, 6.07) is 12.3. The van der Waals surface area contributed by atoms with Crippen molar-refractivity contribution in [1.29, 1.82) is 0 Å². The van der Waals surface area contributed by atoms with E-state index in [1.165, 1.54) is 5.56 Å². The fourth-order valence-electron chi connectivity index (χ4n) is 2.06. The summed E-state index contributed by atoms with van der Waals surface area (Å²) in [6.45, 7) is 3.91. The van der Waals surface area contributed by atoms with Crippen LogP contribution in [0.15, 0.2) is 42.7 Å². The quantitative estimate of drug-likeness (QED) is 0.773. The van der Waals surface area contributed by atoms with Crippen LogP contribution in [0.25, 0.3) is 20.7 Å². The largest absolute Gasteiger partial charge is 0.394 e. The maximum absolute atomic E-state index is 9.41. The molecule has 4 nitrogen and oxygen atoms in total. The molecule has 2 N–H and O–H groups in total. The molecule has 0 spiro atoms. The van der Waals surface area contributed by atoms with Gasteiger partial charge in [-0.1, -0.05) is 30.3 Å². The number of nitrogens with one attached hydrogen (secondary N) is 1. The molecule has 1 aromatic carbocycles. The molecule has 0 unspecified atom stereocenters. The van der Waals surface area contributed by atoms with Gasteiger partial charge in [-0.15, -0.1) is 11.3 Å². The number of thiophene rings is 1. The van der Waals surface area contributed by atoms with Crippen molar-refractivity contribution in [2.24, 2.45) is 0 Å². The highest BCUT2D eigenvalue weighted by atomic mass is 32.1. The second-order valence-corrected chi connectivity index (χ2v) is 6.62. The lowest BCUT2D eigenvalue weighted by Gasteiger charge is -2.24. The molecule has 5 heteroatoms. The first kappa shape index (κ1) is 14.0. The Bertz CT molecular complexity index is 753. The lowest BCUT2D eigenvalue weighted by Crippen LogP contribution is -2.35. The van der Waals surface area contributed by atoms with Crippen molar-refractivity contribution < 1.29 is 5.11 Å². The lowest BCUT2D eigenvalue weighted by molar-refractivity contribution is 0.234. The summed E-state index contributed by atoms with van der Waals surface area (Å²) in [4.78, 5) is 10.8. The van der Waals surface area contributed by atoms with Gasteiger partial charge in [-0.05, 0) is 25.5 Å². The van der Waals surface area contributed by atoms with Gasteiger partial charge in [0.25, 0.3) is 0 Å². The zero-order chi connectivity index (χ0) is 14.9. The fraction of sp³-hybridized carbons (Fsp3) is 0.250. The van der Waals surface area contributed by atoms with Crippen LogP contribution in [0.3, 0.4) is 0 Å². The Hall–Kier alpha value is -1.98. The van der Waals surface area contributed by atoms with E-state index in [4.69, 9.17) is 0 Å². The molecule has 108 valence electrons. The van der Waals surface area contributed by atoms with E-state index in [1.807, 2.05) is 32.0 Å². The molecule has 0 aliphatic rings. The molecule has 0 aliphatic carbocycles. The Morgan fingerprint density at radius 3 is 2.67 bits per heavy atom. The first-order valence-corrected chi connectivity index (χ1v) is 7.60. The lowest BCUT2D eigenvalue weighted by atomic mass is 10.1. The molecule has 2 aromatic heterocycles. The molecule has 0 atom stereocenters. The highest BCUT2D eigenvalue weighted by molar-refractivity contribution is 7.21. The summed E-state index contributed by atoms with van der Waals surface area (Å²) < 4.78 is 0. The second-order valence-electron chi connectivity index (χ2n) is 5.58. The van der Waals surface area contributed by atoms with Gasteiger partial charge >= 0.3 is 0 Å². The number of aliphatic hydroxyl groups is 1. The topological polar surface area (TPSA) is 58.0 Å². The van der Waals surface area contributed by atoms with E-state index in [9.17, 15) is 5.11 Å². The molecule has 0 amide bonds. The van der Waals surface area contributed by atoms with Crippen molar-refractivity contribution in [3.8, 4) is 10.4 Å². The smallest absolute Gasteiger partial charge is 0.138 e.